The van der Waals surface area contributed by atoms with Crippen molar-refractivity contribution < 1.29 is 13.2 Å². The van der Waals surface area contributed by atoms with Gasteiger partial charge in [0.2, 0.25) is 15.9 Å². The minimum Gasteiger partial charge on any atom is -0.341 e. The molecule has 1 aromatic carbocycles. The van der Waals surface area contributed by atoms with Gasteiger partial charge in [0.1, 0.15) is 0 Å². The van der Waals surface area contributed by atoms with Crippen molar-refractivity contribution in [2.24, 2.45) is 5.73 Å². The molecule has 2 rings (SSSR count). The predicted octanol–water partition coefficient (Wildman–Crippen LogP) is 0.649. The molecular weight excluding hydrogens is 302 g/mol. The molecule has 7 heteroatoms. The average molecular weight is 325 g/mol. The first-order valence-electron chi connectivity index (χ1n) is 7.59. The molecule has 0 bridgehead atoms. The quantitative estimate of drug-likeness (QED) is 0.861. The molecule has 0 atom stereocenters. The minimum atomic E-state index is -3.48. The van der Waals surface area contributed by atoms with Gasteiger partial charge in [0.15, 0.2) is 0 Å². The van der Waals surface area contributed by atoms with Crippen LogP contribution >= 0.6 is 0 Å². The Morgan fingerprint density at radius 3 is 2.50 bits per heavy atom. The summed E-state index contributed by atoms with van der Waals surface area (Å²) in [4.78, 5) is 14.1. The van der Waals surface area contributed by atoms with E-state index in [9.17, 15) is 13.2 Å². The summed E-state index contributed by atoms with van der Waals surface area (Å²) in [5.74, 6) is 0.0596. The Labute approximate surface area is 131 Å². The molecule has 1 aliphatic rings. The molecule has 1 fully saturated rings. The molecule has 0 aromatic heterocycles. The monoisotopic (exact) mass is 325 g/mol. The largest absolute Gasteiger partial charge is 0.341 e. The Hall–Kier alpha value is -1.44. The molecule has 0 radical (unpaired) electrons. The highest BCUT2D eigenvalue weighted by Gasteiger charge is 2.27. The van der Waals surface area contributed by atoms with Gasteiger partial charge >= 0.3 is 0 Å². The van der Waals surface area contributed by atoms with Gasteiger partial charge in [-0.3, -0.25) is 4.79 Å². The first-order valence-corrected chi connectivity index (χ1v) is 9.03. The zero-order valence-electron chi connectivity index (χ0n) is 12.6. The second-order valence-electron chi connectivity index (χ2n) is 5.34. The molecule has 0 spiro atoms. The van der Waals surface area contributed by atoms with Crippen LogP contribution in [0.5, 0.6) is 0 Å². The molecule has 6 nitrogen and oxygen atoms in total. The number of nitrogens with two attached hydrogens (primary N) is 1. The fraction of sp³-hybridized carbons (Fsp3) is 0.533. The van der Waals surface area contributed by atoms with Crippen LogP contribution in [0.15, 0.2) is 35.2 Å². The third-order valence-electron chi connectivity index (χ3n) is 3.78. The maximum atomic E-state index is 12.6. The SMILES string of the molecule is NCCCC(=O)N1CCCN(S(=O)(=O)c2ccccc2)CC1. The highest BCUT2D eigenvalue weighted by Crippen LogP contribution is 2.17. The third-order valence-corrected chi connectivity index (χ3v) is 5.70. The zero-order valence-corrected chi connectivity index (χ0v) is 13.5. The number of carbonyl (C=O) groups is 1. The maximum absolute atomic E-state index is 12.6. The fourth-order valence-electron chi connectivity index (χ4n) is 2.54. The summed E-state index contributed by atoms with van der Waals surface area (Å²) in [6.07, 6.45) is 1.75. The topological polar surface area (TPSA) is 83.7 Å². The van der Waals surface area contributed by atoms with Gasteiger partial charge in [-0.2, -0.15) is 4.31 Å². The number of nitrogens with zero attached hydrogens (tertiary/aromatic N) is 2. The number of benzene rings is 1. The van der Waals surface area contributed by atoms with Crippen LogP contribution in [0.2, 0.25) is 0 Å². The molecule has 122 valence electrons. The number of sulfonamides is 1. The van der Waals surface area contributed by atoms with E-state index in [0.29, 0.717) is 56.9 Å². The first-order chi connectivity index (χ1) is 10.6. The molecular formula is C15H23N3O3S. The highest BCUT2D eigenvalue weighted by atomic mass is 32.2. The Kier molecular flexibility index (Phi) is 5.93. The van der Waals surface area contributed by atoms with Crippen molar-refractivity contribution in [2.75, 3.05) is 32.7 Å². The molecule has 0 saturated carbocycles. The van der Waals surface area contributed by atoms with Gasteiger partial charge in [-0.15, -0.1) is 0 Å². The molecule has 0 aliphatic carbocycles. The van der Waals surface area contributed by atoms with Gasteiger partial charge in [-0.25, -0.2) is 8.42 Å². The predicted molar refractivity (Wildman–Crippen MR) is 84.7 cm³/mol. The number of hydrogen-bond donors (Lipinski definition) is 1. The summed E-state index contributed by atoms with van der Waals surface area (Å²) >= 11 is 0. The molecule has 22 heavy (non-hydrogen) atoms. The van der Waals surface area contributed by atoms with Gasteiger partial charge in [-0.1, -0.05) is 18.2 Å². The van der Waals surface area contributed by atoms with Crippen LogP contribution in [0.4, 0.5) is 0 Å². The summed E-state index contributed by atoms with van der Waals surface area (Å²) in [5, 5.41) is 0. The molecule has 1 aromatic rings. The van der Waals surface area contributed by atoms with Crippen LogP contribution in [0, 0.1) is 0 Å². The van der Waals surface area contributed by atoms with Crippen LogP contribution in [-0.2, 0) is 14.8 Å². The minimum absolute atomic E-state index is 0.0596. The molecule has 0 unspecified atom stereocenters. The lowest BCUT2D eigenvalue weighted by atomic mass is 10.2. The van der Waals surface area contributed by atoms with E-state index in [1.165, 1.54) is 4.31 Å². The Morgan fingerprint density at radius 1 is 1.09 bits per heavy atom. The van der Waals surface area contributed by atoms with Crippen LogP contribution < -0.4 is 5.73 Å². The van der Waals surface area contributed by atoms with E-state index in [4.69, 9.17) is 5.73 Å². The summed E-state index contributed by atoms with van der Waals surface area (Å²) in [7, 11) is -3.48. The van der Waals surface area contributed by atoms with Gasteiger partial charge in [0.25, 0.3) is 0 Å². The Bertz CT molecular complexity index is 589. The Morgan fingerprint density at radius 2 is 1.82 bits per heavy atom. The van der Waals surface area contributed by atoms with Crippen molar-refractivity contribution >= 4 is 15.9 Å². The van der Waals surface area contributed by atoms with Crippen LogP contribution in [0.1, 0.15) is 19.3 Å². The van der Waals surface area contributed by atoms with E-state index in [1.807, 2.05) is 0 Å². The smallest absolute Gasteiger partial charge is 0.243 e. The van der Waals surface area contributed by atoms with Crippen molar-refractivity contribution in [1.82, 2.24) is 9.21 Å². The Balaban J connectivity index is 2.03. The summed E-state index contributed by atoms with van der Waals surface area (Å²) in [6, 6.07) is 8.43. The van der Waals surface area contributed by atoms with Gasteiger partial charge in [-0.05, 0) is 31.5 Å². The first kappa shape index (κ1) is 16.9. The fourth-order valence-corrected chi connectivity index (χ4v) is 4.03. The van der Waals surface area contributed by atoms with Crippen molar-refractivity contribution in [2.45, 2.75) is 24.2 Å². The van der Waals surface area contributed by atoms with Crippen LogP contribution in [0.25, 0.3) is 0 Å². The van der Waals surface area contributed by atoms with Crippen molar-refractivity contribution in [3.63, 3.8) is 0 Å². The number of hydrogen-bond acceptors (Lipinski definition) is 4. The molecule has 1 saturated heterocycles. The average Bonchev–Trinajstić information content (AvgIpc) is 2.80. The standard InChI is InChI=1S/C15H23N3O3S/c16-9-4-8-15(19)17-10-5-11-18(13-12-17)22(20,21)14-6-2-1-3-7-14/h1-3,6-7H,4-5,8-13,16H2. The van der Waals surface area contributed by atoms with Crippen LogP contribution in [-0.4, -0.2) is 56.3 Å². The summed E-state index contributed by atoms with van der Waals surface area (Å²) < 4.78 is 26.7. The molecule has 1 amide bonds. The lowest BCUT2D eigenvalue weighted by molar-refractivity contribution is -0.131. The maximum Gasteiger partial charge on any atom is 0.243 e. The normalized spacial score (nSPS) is 17.2. The van der Waals surface area contributed by atoms with Crippen molar-refractivity contribution in [3.05, 3.63) is 30.3 Å². The molecule has 1 aliphatic heterocycles. The number of rotatable bonds is 5. The van der Waals surface area contributed by atoms with Crippen LogP contribution in [0.3, 0.4) is 0 Å². The summed E-state index contributed by atoms with van der Waals surface area (Å²) in [5.41, 5.74) is 5.42. The van der Waals surface area contributed by atoms with E-state index < -0.39 is 10.0 Å². The van der Waals surface area contributed by atoms with E-state index in [-0.39, 0.29) is 5.91 Å². The van der Waals surface area contributed by atoms with E-state index in [1.54, 1.807) is 35.2 Å². The van der Waals surface area contributed by atoms with E-state index in [0.717, 1.165) is 0 Å². The van der Waals surface area contributed by atoms with Crippen molar-refractivity contribution in [1.29, 1.82) is 0 Å². The molecule has 1 heterocycles. The van der Waals surface area contributed by atoms with Gasteiger partial charge in [0, 0.05) is 32.6 Å². The van der Waals surface area contributed by atoms with Gasteiger partial charge in [0.05, 0.1) is 4.90 Å². The van der Waals surface area contributed by atoms with E-state index >= 15 is 0 Å². The lowest BCUT2D eigenvalue weighted by Crippen LogP contribution is -2.37. The summed E-state index contributed by atoms with van der Waals surface area (Å²) in [6.45, 7) is 2.32. The van der Waals surface area contributed by atoms with E-state index in [2.05, 4.69) is 0 Å². The number of carbonyl (C=O) groups excluding carboxylic acids is 1. The zero-order chi connectivity index (χ0) is 16.0. The second kappa shape index (κ2) is 7.71. The van der Waals surface area contributed by atoms with Crippen molar-refractivity contribution in [3.8, 4) is 0 Å². The third kappa shape index (κ3) is 4.06. The number of amides is 1. The highest BCUT2D eigenvalue weighted by molar-refractivity contribution is 7.89. The lowest BCUT2D eigenvalue weighted by Gasteiger charge is -2.22. The van der Waals surface area contributed by atoms with Gasteiger partial charge < -0.3 is 10.6 Å². The second-order valence-corrected chi connectivity index (χ2v) is 7.28. The molecule has 2 N–H and O–H groups in total.